The Morgan fingerprint density at radius 3 is 2.11 bits per heavy atom. The van der Waals surface area contributed by atoms with Crippen LogP contribution in [0.15, 0.2) is 24.3 Å². The maximum atomic E-state index is 13.4. The van der Waals surface area contributed by atoms with Crippen molar-refractivity contribution >= 4 is 11.7 Å². The summed E-state index contributed by atoms with van der Waals surface area (Å²) >= 11 is 0. The summed E-state index contributed by atoms with van der Waals surface area (Å²) in [5.41, 5.74) is 4.48. The molecule has 6 nitrogen and oxygen atoms in total. The molecule has 1 aromatic heterocycles. The van der Waals surface area contributed by atoms with Crippen LogP contribution in [-0.4, -0.2) is 46.0 Å². The van der Waals surface area contributed by atoms with Crippen LogP contribution < -0.4 is 5.73 Å². The summed E-state index contributed by atoms with van der Waals surface area (Å²) in [6.07, 6.45) is -0.128. The topological polar surface area (TPSA) is 81.2 Å². The summed E-state index contributed by atoms with van der Waals surface area (Å²) in [6, 6.07) is 5.74. The Bertz CT molecular complexity index is 1090. The van der Waals surface area contributed by atoms with Crippen LogP contribution in [0.3, 0.4) is 0 Å². The fraction of sp³-hybridized carbons (Fsp3) is 0.593. The fourth-order valence-corrected chi connectivity index (χ4v) is 4.92. The summed E-state index contributed by atoms with van der Waals surface area (Å²) in [4.78, 5) is 26.1. The van der Waals surface area contributed by atoms with Gasteiger partial charge in [0.25, 0.3) is 0 Å². The Labute approximate surface area is 211 Å². The van der Waals surface area contributed by atoms with Gasteiger partial charge in [-0.1, -0.05) is 41.0 Å². The Morgan fingerprint density at radius 1 is 1.03 bits per heavy atom. The van der Waals surface area contributed by atoms with Crippen molar-refractivity contribution in [1.29, 1.82) is 0 Å². The lowest BCUT2D eigenvalue weighted by atomic mass is 9.75. The third-order valence-electron chi connectivity index (χ3n) is 6.36. The second kappa shape index (κ2) is 10.4. The molecule has 4 rings (SSSR count). The summed E-state index contributed by atoms with van der Waals surface area (Å²) in [5.74, 6) is -1.19. The van der Waals surface area contributed by atoms with Gasteiger partial charge in [0.05, 0.1) is 16.9 Å². The molecular weight excluding hydrogens is 469 g/mol. The van der Waals surface area contributed by atoms with E-state index in [1.165, 1.54) is 63.2 Å². The average Bonchev–Trinajstić information content (AvgIpc) is 3.13. The molecule has 1 aliphatic heterocycles. The van der Waals surface area contributed by atoms with E-state index < -0.39 is 29.0 Å². The first-order chi connectivity index (χ1) is 16.6. The zero-order valence-corrected chi connectivity index (χ0v) is 21.8. The number of nitrogens with zero attached hydrogens (tertiary/aromatic N) is 3. The smallest absolute Gasteiger partial charge is 0.366 e. The van der Waals surface area contributed by atoms with Gasteiger partial charge in [0.15, 0.2) is 11.5 Å². The standard InChI is InChI=1S/C17H16F3N3O2.C10H21N/c1-16(2)7-11-13(12(24)8-16)14(17(18,19)20)22-23(11)10-5-3-9(4-6-10)15(21)25;1-10(2,3)9-11-7-5-4-6-8-11/h3-6H,7-8H2,1-2H3,(H2,21,25);4-9H2,1-3H3. The molecule has 0 atom stereocenters. The number of primary amides is 1. The van der Waals surface area contributed by atoms with Gasteiger partial charge in [-0.2, -0.15) is 18.3 Å². The predicted molar refractivity (Wildman–Crippen MR) is 133 cm³/mol. The molecule has 0 unspecified atom stereocenters. The zero-order chi connectivity index (χ0) is 26.9. The highest BCUT2D eigenvalue weighted by molar-refractivity contribution is 6.00. The number of fused-ring (bicyclic) bond motifs is 1. The van der Waals surface area contributed by atoms with Crippen molar-refractivity contribution in [3.8, 4) is 5.69 Å². The van der Waals surface area contributed by atoms with Crippen molar-refractivity contribution in [2.24, 2.45) is 16.6 Å². The van der Waals surface area contributed by atoms with Gasteiger partial charge in [0.2, 0.25) is 5.91 Å². The molecule has 1 aromatic carbocycles. The first-order valence-electron chi connectivity index (χ1n) is 12.4. The van der Waals surface area contributed by atoms with Crippen LogP contribution in [0.4, 0.5) is 13.2 Å². The van der Waals surface area contributed by atoms with Gasteiger partial charge in [0.1, 0.15) is 0 Å². The van der Waals surface area contributed by atoms with Crippen LogP contribution in [0.2, 0.25) is 0 Å². The minimum absolute atomic E-state index is 0.0371. The van der Waals surface area contributed by atoms with E-state index in [2.05, 4.69) is 30.8 Å². The average molecular weight is 507 g/mol. The Morgan fingerprint density at radius 2 is 1.61 bits per heavy atom. The summed E-state index contributed by atoms with van der Waals surface area (Å²) in [6.45, 7) is 14.6. The number of hydrogen-bond acceptors (Lipinski definition) is 4. The van der Waals surface area contributed by atoms with Gasteiger partial charge >= 0.3 is 6.18 Å². The molecule has 2 N–H and O–H groups in total. The molecule has 0 bridgehead atoms. The minimum atomic E-state index is -4.72. The number of amides is 1. The van der Waals surface area contributed by atoms with E-state index in [4.69, 9.17) is 5.73 Å². The number of ketones is 1. The van der Waals surface area contributed by atoms with Crippen molar-refractivity contribution in [3.63, 3.8) is 0 Å². The molecule has 1 amide bonds. The molecule has 2 aromatic rings. The number of likely N-dealkylation sites (tertiary alicyclic amines) is 1. The lowest BCUT2D eigenvalue weighted by molar-refractivity contribution is -0.141. The highest BCUT2D eigenvalue weighted by Gasteiger charge is 2.45. The van der Waals surface area contributed by atoms with E-state index in [9.17, 15) is 22.8 Å². The van der Waals surface area contributed by atoms with Crippen LogP contribution >= 0.6 is 0 Å². The van der Waals surface area contributed by atoms with Crippen molar-refractivity contribution < 1.29 is 22.8 Å². The molecule has 0 radical (unpaired) electrons. The maximum absolute atomic E-state index is 13.4. The predicted octanol–water partition coefficient (Wildman–Crippen LogP) is 5.66. The SMILES string of the molecule is CC(C)(C)CN1CCCCC1.CC1(C)CC(=O)c2c(C(F)(F)F)nn(-c3ccc(C(N)=O)cc3)c2C1. The molecular formula is C27H37F3N4O2. The van der Waals surface area contributed by atoms with Gasteiger partial charge in [-0.3, -0.25) is 9.59 Å². The number of carbonyl (C=O) groups excluding carboxylic acids is 2. The molecule has 1 aliphatic carbocycles. The molecule has 36 heavy (non-hydrogen) atoms. The van der Waals surface area contributed by atoms with Crippen LogP contribution in [0, 0.1) is 10.8 Å². The number of halogens is 3. The third kappa shape index (κ3) is 6.96. The Kier molecular flexibility index (Phi) is 8.03. The second-order valence-electron chi connectivity index (χ2n) is 11.8. The first-order valence-corrected chi connectivity index (χ1v) is 12.4. The van der Waals surface area contributed by atoms with E-state index in [1.54, 1.807) is 0 Å². The molecule has 1 fully saturated rings. The highest BCUT2D eigenvalue weighted by atomic mass is 19.4. The quantitative estimate of drug-likeness (QED) is 0.582. The zero-order valence-electron chi connectivity index (χ0n) is 21.8. The molecule has 198 valence electrons. The summed E-state index contributed by atoms with van der Waals surface area (Å²) in [7, 11) is 0. The van der Waals surface area contributed by atoms with Gasteiger partial charge in [-0.25, -0.2) is 4.68 Å². The third-order valence-corrected chi connectivity index (χ3v) is 6.36. The van der Waals surface area contributed by atoms with Crippen LogP contribution in [-0.2, 0) is 12.6 Å². The monoisotopic (exact) mass is 506 g/mol. The van der Waals surface area contributed by atoms with E-state index in [0.717, 1.165) is 4.68 Å². The highest BCUT2D eigenvalue weighted by Crippen LogP contribution is 2.41. The summed E-state index contributed by atoms with van der Waals surface area (Å²) in [5, 5.41) is 3.68. The van der Waals surface area contributed by atoms with Crippen molar-refractivity contribution in [3.05, 3.63) is 46.8 Å². The Balaban J connectivity index is 0.000000275. The van der Waals surface area contributed by atoms with Crippen molar-refractivity contribution in [1.82, 2.24) is 14.7 Å². The van der Waals surface area contributed by atoms with Crippen LogP contribution in [0.25, 0.3) is 5.69 Å². The van der Waals surface area contributed by atoms with Gasteiger partial charge in [-0.15, -0.1) is 0 Å². The normalized spacial score (nSPS) is 18.3. The number of benzene rings is 1. The van der Waals surface area contributed by atoms with Gasteiger partial charge in [0, 0.05) is 18.5 Å². The number of carbonyl (C=O) groups is 2. The number of aromatic nitrogens is 2. The van der Waals surface area contributed by atoms with Crippen molar-refractivity contribution in [2.75, 3.05) is 19.6 Å². The van der Waals surface area contributed by atoms with E-state index in [-0.39, 0.29) is 29.7 Å². The van der Waals surface area contributed by atoms with Crippen LogP contribution in [0.1, 0.15) is 92.4 Å². The molecule has 0 spiro atoms. The number of Topliss-reactive ketones (excluding diaryl/α,β-unsaturated/α-hetero) is 1. The fourth-order valence-electron chi connectivity index (χ4n) is 4.92. The largest absolute Gasteiger partial charge is 0.435 e. The number of hydrogen-bond donors (Lipinski definition) is 1. The minimum Gasteiger partial charge on any atom is -0.366 e. The molecule has 9 heteroatoms. The number of nitrogens with two attached hydrogens (primary N) is 1. The van der Waals surface area contributed by atoms with Gasteiger partial charge < -0.3 is 10.6 Å². The molecule has 0 saturated carbocycles. The lowest BCUT2D eigenvalue weighted by Gasteiger charge is -2.32. The van der Waals surface area contributed by atoms with Gasteiger partial charge in [-0.05, 0) is 67.4 Å². The van der Waals surface area contributed by atoms with E-state index in [0.29, 0.717) is 11.1 Å². The first kappa shape index (κ1) is 27.9. The van der Waals surface area contributed by atoms with E-state index >= 15 is 0 Å². The Hall–Kier alpha value is -2.68. The number of rotatable bonds is 3. The lowest BCUT2D eigenvalue weighted by Crippen LogP contribution is -2.36. The van der Waals surface area contributed by atoms with Crippen molar-refractivity contribution in [2.45, 2.75) is 72.9 Å². The molecule has 1 saturated heterocycles. The second-order valence-corrected chi connectivity index (χ2v) is 11.8. The number of piperidine rings is 1. The maximum Gasteiger partial charge on any atom is 0.435 e. The van der Waals surface area contributed by atoms with E-state index in [1.807, 2.05) is 13.8 Å². The summed E-state index contributed by atoms with van der Waals surface area (Å²) < 4.78 is 41.2. The molecule has 2 aliphatic rings. The van der Waals surface area contributed by atoms with Crippen LogP contribution in [0.5, 0.6) is 0 Å². The molecule has 2 heterocycles. The number of alkyl halides is 3.